The Kier molecular flexibility index (Phi) is 4.52. The minimum Gasteiger partial charge on any atom is -0.486 e. The van der Waals surface area contributed by atoms with Crippen molar-refractivity contribution in [2.24, 2.45) is 5.92 Å². The van der Waals surface area contributed by atoms with Gasteiger partial charge in [-0.25, -0.2) is 4.98 Å². The van der Waals surface area contributed by atoms with E-state index in [2.05, 4.69) is 10.3 Å². The topological polar surface area (TPSA) is 48.3 Å². The molecule has 0 aliphatic carbocycles. The summed E-state index contributed by atoms with van der Waals surface area (Å²) < 4.78 is 51.0. The van der Waals surface area contributed by atoms with Crippen LogP contribution < -0.4 is 14.8 Å². The number of aryl methyl sites for hydroxylation is 1. The van der Waals surface area contributed by atoms with Crippen LogP contribution in [0.1, 0.15) is 23.5 Å². The van der Waals surface area contributed by atoms with Gasteiger partial charge in [-0.1, -0.05) is 6.07 Å². The van der Waals surface area contributed by atoms with E-state index < -0.39 is 11.9 Å². The first kappa shape index (κ1) is 17.2. The van der Waals surface area contributed by atoms with E-state index in [9.17, 15) is 13.2 Å². The van der Waals surface area contributed by atoms with Gasteiger partial charge in [0.15, 0.2) is 17.2 Å². The molecule has 8 heteroatoms. The molecule has 0 amide bonds. The molecule has 0 saturated carbocycles. The van der Waals surface area contributed by atoms with Gasteiger partial charge in [0, 0.05) is 25.7 Å². The maximum absolute atomic E-state index is 12.8. The molecule has 1 aromatic heterocycles. The molecular formula is C18H20F3N3O2. The molecule has 0 saturated heterocycles. The zero-order chi connectivity index (χ0) is 18.1. The Morgan fingerprint density at radius 3 is 2.81 bits per heavy atom. The highest BCUT2D eigenvalue weighted by atomic mass is 19.4. The summed E-state index contributed by atoms with van der Waals surface area (Å²) in [6, 6.07) is 5.86. The van der Waals surface area contributed by atoms with Crippen LogP contribution in [0.15, 0.2) is 24.4 Å². The fourth-order valence-electron chi connectivity index (χ4n) is 3.44. The molecule has 0 radical (unpaired) electrons. The highest BCUT2D eigenvalue weighted by molar-refractivity contribution is 5.43. The zero-order valence-corrected chi connectivity index (χ0v) is 14.2. The molecule has 1 atom stereocenters. The van der Waals surface area contributed by atoms with Gasteiger partial charge in [0.1, 0.15) is 19.0 Å². The number of rotatable bonds is 4. The van der Waals surface area contributed by atoms with Crippen molar-refractivity contribution in [3.63, 3.8) is 0 Å². The number of imidazole rings is 1. The Morgan fingerprint density at radius 1 is 1.19 bits per heavy atom. The zero-order valence-electron chi connectivity index (χ0n) is 14.2. The number of halogens is 3. The van der Waals surface area contributed by atoms with Crippen molar-refractivity contribution < 1.29 is 22.6 Å². The fraction of sp³-hybridized carbons (Fsp3) is 0.500. The molecule has 4 rings (SSSR count). The van der Waals surface area contributed by atoms with Gasteiger partial charge in [0.05, 0.1) is 0 Å². The van der Waals surface area contributed by atoms with Gasteiger partial charge in [0.25, 0.3) is 0 Å². The van der Waals surface area contributed by atoms with E-state index in [0.29, 0.717) is 38.5 Å². The monoisotopic (exact) mass is 367 g/mol. The first-order valence-electron chi connectivity index (χ1n) is 8.71. The third kappa shape index (κ3) is 3.65. The van der Waals surface area contributed by atoms with Crippen molar-refractivity contribution in [1.82, 2.24) is 14.9 Å². The van der Waals surface area contributed by atoms with Crippen LogP contribution in [0.25, 0.3) is 0 Å². The lowest BCUT2D eigenvalue weighted by Gasteiger charge is -2.24. The molecule has 1 unspecified atom stereocenters. The highest BCUT2D eigenvalue weighted by Crippen LogP contribution is 2.31. The number of benzene rings is 1. The second-order valence-corrected chi connectivity index (χ2v) is 6.71. The van der Waals surface area contributed by atoms with Crippen LogP contribution in [0.3, 0.4) is 0 Å². The summed E-state index contributed by atoms with van der Waals surface area (Å²) in [6.45, 7) is 3.11. The van der Waals surface area contributed by atoms with Crippen molar-refractivity contribution >= 4 is 0 Å². The van der Waals surface area contributed by atoms with Crippen molar-refractivity contribution in [2.75, 3.05) is 19.8 Å². The van der Waals surface area contributed by atoms with E-state index in [1.807, 2.05) is 18.2 Å². The van der Waals surface area contributed by atoms with E-state index in [0.717, 1.165) is 36.2 Å². The molecule has 2 aliphatic heterocycles. The lowest BCUT2D eigenvalue weighted by Crippen LogP contribution is -2.29. The molecule has 0 bridgehead atoms. The van der Waals surface area contributed by atoms with Crippen molar-refractivity contribution in [3.05, 3.63) is 41.5 Å². The van der Waals surface area contributed by atoms with E-state index in [1.54, 1.807) is 4.57 Å². The summed E-state index contributed by atoms with van der Waals surface area (Å²) in [6.07, 6.45) is -1.84. The number of ether oxygens (including phenoxy) is 2. The smallest absolute Gasteiger partial charge is 0.434 e. The minimum absolute atomic E-state index is 0.287. The Hall–Kier alpha value is -2.22. The summed E-state index contributed by atoms with van der Waals surface area (Å²) in [5, 5.41) is 3.39. The second kappa shape index (κ2) is 6.83. The molecule has 1 aromatic carbocycles. The summed E-state index contributed by atoms with van der Waals surface area (Å²) >= 11 is 0. The molecule has 26 heavy (non-hydrogen) atoms. The van der Waals surface area contributed by atoms with Crippen LogP contribution in [0, 0.1) is 5.92 Å². The molecule has 3 heterocycles. The Labute approximate surface area is 149 Å². The molecule has 0 spiro atoms. The van der Waals surface area contributed by atoms with Crippen LogP contribution in [0.4, 0.5) is 13.2 Å². The third-order valence-corrected chi connectivity index (χ3v) is 4.75. The molecule has 2 aromatic rings. The van der Waals surface area contributed by atoms with Gasteiger partial charge in [-0.3, -0.25) is 0 Å². The summed E-state index contributed by atoms with van der Waals surface area (Å²) in [5.74, 6) is 2.34. The first-order chi connectivity index (χ1) is 12.5. The largest absolute Gasteiger partial charge is 0.486 e. The summed E-state index contributed by atoms with van der Waals surface area (Å²) in [5.41, 5.74) is 0.296. The predicted molar refractivity (Wildman–Crippen MR) is 88.2 cm³/mol. The molecule has 1 N–H and O–H groups in total. The molecule has 0 fully saturated rings. The number of alkyl halides is 3. The van der Waals surface area contributed by atoms with Crippen LogP contribution in [0.2, 0.25) is 0 Å². The van der Waals surface area contributed by atoms with Gasteiger partial charge in [-0.2, -0.15) is 13.2 Å². The normalized spacial score (nSPS) is 19.3. The van der Waals surface area contributed by atoms with Crippen LogP contribution in [-0.4, -0.2) is 29.3 Å². The Bertz CT molecular complexity index is 788. The molecule has 5 nitrogen and oxygen atoms in total. The average Bonchev–Trinajstić information content (AvgIpc) is 3.05. The van der Waals surface area contributed by atoms with Gasteiger partial charge in [-0.05, 0) is 36.6 Å². The summed E-state index contributed by atoms with van der Waals surface area (Å²) in [4.78, 5) is 3.72. The standard InChI is InChI=1S/C18H20F3N3O2/c19-18(20,21)16-11-24-10-13(2-4-17(24)23-16)9-22-8-12-1-3-14-15(7-12)26-6-5-25-14/h1,3,7,11,13,22H,2,4-6,8-10H2. The predicted octanol–water partition coefficient (Wildman–Crippen LogP) is 3.03. The SMILES string of the molecule is FC(F)(F)c1cn2c(n1)CCC(CNCc1ccc3c(c1)OCCO3)C2. The van der Waals surface area contributed by atoms with E-state index in [4.69, 9.17) is 9.47 Å². The van der Waals surface area contributed by atoms with E-state index in [1.165, 1.54) is 0 Å². The van der Waals surface area contributed by atoms with Crippen LogP contribution >= 0.6 is 0 Å². The lowest BCUT2D eigenvalue weighted by molar-refractivity contribution is -0.141. The van der Waals surface area contributed by atoms with Crippen molar-refractivity contribution in [1.29, 1.82) is 0 Å². The molecule has 2 aliphatic rings. The average molecular weight is 367 g/mol. The third-order valence-electron chi connectivity index (χ3n) is 4.75. The van der Waals surface area contributed by atoms with Gasteiger partial charge < -0.3 is 19.4 Å². The summed E-state index contributed by atoms with van der Waals surface area (Å²) in [7, 11) is 0. The van der Waals surface area contributed by atoms with Gasteiger partial charge >= 0.3 is 6.18 Å². The number of hydrogen-bond donors (Lipinski definition) is 1. The number of nitrogens with zero attached hydrogens (tertiary/aromatic N) is 2. The maximum atomic E-state index is 12.8. The number of aromatic nitrogens is 2. The van der Waals surface area contributed by atoms with Gasteiger partial charge in [-0.15, -0.1) is 0 Å². The Balaban J connectivity index is 1.31. The van der Waals surface area contributed by atoms with Crippen molar-refractivity contribution in [3.8, 4) is 11.5 Å². The Morgan fingerprint density at radius 2 is 2.00 bits per heavy atom. The lowest BCUT2D eigenvalue weighted by atomic mass is 9.99. The molecular weight excluding hydrogens is 347 g/mol. The minimum atomic E-state index is -4.38. The number of fused-ring (bicyclic) bond motifs is 2. The first-order valence-corrected chi connectivity index (χ1v) is 8.71. The molecule has 140 valence electrons. The fourth-order valence-corrected chi connectivity index (χ4v) is 3.44. The highest BCUT2D eigenvalue weighted by Gasteiger charge is 2.35. The van der Waals surface area contributed by atoms with E-state index in [-0.39, 0.29) is 5.92 Å². The van der Waals surface area contributed by atoms with Gasteiger partial charge in [0.2, 0.25) is 0 Å². The van der Waals surface area contributed by atoms with E-state index >= 15 is 0 Å². The number of nitrogens with one attached hydrogen (secondary N) is 1. The second-order valence-electron chi connectivity index (χ2n) is 6.71. The van der Waals surface area contributed by atoms with Crippen LogP contribution in [-0.2, 0) is 25.7 Å². The number of hydrogen-bond acceptors (Lipinski definition) is 4. The maximum Gasteiger partial charge on any atom is 0.434 e. The van der Waals surface area contributed by atoms with Crippen molar-refractivity contribution in [2.45, 2.75) is 32.1 Å². The van der Waals surface area contributed by atoms with Crippen LogP contribution in [0.5, 0.6) is 11.5 Å². The quantitative estimate of drug-likeness (QED) is 0.903.